The van der Waals surface area contributed by atoms with Crippen LogP contribution in [0.1, 0.15) is 56.1 Å². The van der Waals surface area contributed by atoms with Crippen LogP contribution < -0.4 is 5.73 Å². The van der Waals surface area contributed by atoms with Gasteiger partial charge in [-0.2, -0.15) is 0 Å². The van der Waals surface area contributed by atoms with E-state index in [0.717, 1.165) is 45.1 Å². The molecular formula is C17H25NO. The van der Waals surface area contributed by atoms with Crippen LogP contribution in [0.4, 0.5) is 0 Å². The molecule has 1 aromatic carbocycles. The van der Waals surface area contributed by atoms with E-state index in [2.05, 4.69) is 31.2 Å². The number of ketones is 1. The molecule has 0 saturated carbocycles. The standard InChI is InChI=1S/C17H25NO/c1-2-13(9-10-18)7-8-16(19)12-15-11-14-5-3-4-6-17(14)15/h3-6,13,15H,2,7-12,18H2,1H3. The van der Waals surface area contributed by atoms with Crippen molar-refractivity contribution < 1.29 is 4.79 Å². The molecule has 2 rings (SSSR count). The number of Topliss-reactive ketones (excluding diaryl/α,β-unsaturated/α-hetero) is 1. The zero-order valence-electron chi connectivity index (χ0n) is 11.9. The van der Waals surface area contributed by atoms with Crippen molar-refractivity contribution in [3.8, 4) is 0 Å². The normalized spacial score (nSPS) is 18.5. The Labute approximate surface area is 116 Å². The Hall–Kier alpha value is -1.15. The molecule has 19 heavy (non-hydrogen) atoms. The van der Waals surface area contributed by atoms with Gasteiger partial charge >= 0.3 is 0 Å². The number of hydrogen-bond donors (Lipinski definition) is 1. The van der Waals surface area contributed by atoms with Crippen LogP contribution in [-0.4, -0.2) is 12.3 Å². The maximum atomic E-state index is 12.0. The summed E-state index contributed by atoms with van der Waals surface area (Å²) in [4.78, 5) is 12.0. The first-order chi connectivity index (χ1) is 9.24. The number of fused-ring (bicyclic) bond motifs is 1. The summed E-state index contributed by atoms with van der Waals surface area (Å²) in [6.07, 6.45) is 5.75. The molecule has 2 heteroatoms. The second-order valence-electron chi connectivity index (χ2n) is 5.73. The van der Waals surface area contributed by atoms with Crippen molar-refractivity contribution in [2.75, 3.05) is 6.54 Å². The summed E-state index contributed by atoms with van der Waals surface area (Å²) < 4.78 is 0. The van der Waals surface area contributed by atoms with E-state index in [9.17, 15) is 4.79 Å². The Balaban J connectivity index is 1.74. The SMILES string of the molecule is CCC(CCN)CCC(=O)CC1Cc2ccccc21. The van der Waals surface area contributed by atoms with Crippen LogP contribution in [-0.2, 0) is 11.2 Å². The third kappa shape index (κ3) is 3.66. The Bertz CT molecular complexity index is 427. The molecule has 2 nitrogen and oxygen atoms in total. The van der Waals surface area contributed by atoms with Crippen LogP contribution in [0.5, 0.6) is 0 Å². The second-order valence-corrected chi connectivity index (χ2v) is 5.73. The van der Waals surface area contributed by atoms with E-state index >= 15 is 0 Å². The van der Waals surface area contributed by atoms with Gasteiger partial charge < -0.3 is 5.73 Å². The van der Waals surface area contributed by atoms with Crippen molar-refractivity contribution in [1.29, 1.82) is 0 Å². The Kier molecular flexibility index (Phi) is 5.15. The summed E-state index contributed by atoms with van der Waals surface area (Å²) in [6.45, 7) is 2.93. The summed E-state index contributed by atoms with van der Waals surface area (Å²) >= 11 is 0. The van der Waals surface area contributed by atoms with E-state index in [-0.39, 0.29) is 0 Å². The highest BCUT2D eigenvalue weighted by atomic mass is 16.1. The van der Waals surface area contributed by atoms with Crippen LogP contribution in [0, 0.1) is 5.92 Å². The lowest BCUT2D eigenvalue weighted by molar-refractivity contribution is -0.119. The van der Waals surface area contributed by atoms with Gasteiger partial charge in [0.15, 0.2) is 0 Å². The van der Waals surface area contributed by atoms with Crippen LogP contribution >= 0.6 is 0 Å². The zero-order valence-corrected chi connectivity index (χ0v) is 11.9. The quantitative estimate of drug-likeness (QED) is 0.777. The predicted octanol–water partition coefficient (Wildman–Crippen LogP) is 3.44. The molecule has 0 fully saturated rings. The molecule has 0 bridgehead atoms. The molecule has 1 aliphatic rings. The molecule has 2 N–H and O–H groups in total. The molecule has 0 heterocycles. The Morgan fingerprint density at radius 2 is 2.16 bits per heavy atom. The lowest BCUT2D eigenvalue weighted by Crippen LogP contribution is -2.20. The van der Waals surface area contributed by atoms with Gasteiger partial charge in [0, 0.05) is 12.8 Å². The van der Waals surface area contributed by atoms with Crippen LogP contribution in [0.15, 0.2) is 24.3 Å². The fourth-order valence-corrected chi connectivity index (χ4v) is 3.08. The summed E-state index contributed by atoms with van der Waals surface area (Å²) in [5.41, 5.74) is 8.41. The van der Waals surface area contributed by atoms with E-state index in [0.29, 0.717) is 17.6 Å². The number of nitrogens with two attached hydrogens (primary N) is 1. The van der Waals surface area contributed by atoms with Crippen LogP contribution in [0.2, 0.25) is 0 Å². The molecule has 1 aliphatic carbocycles. The van der Waals surface area contributed by atoms with Gasteiger partial charge in [-0.3, -0.25) is 4.79 Å². The van der Waals surface area contributed by atoms with Crippen molar-refractivity contribution in [2.45, 2.75) is 51.4 Å². The molecule has 1 aromatic rings. The second kappa shape index (κ2) is 6.85. The highest BCUT2D eigenvalue weighted by molar-refractivity contribution is 5.79. The average molecular weight is 259 g/mol. The molecule has 2 atom stereocenters. The van der Waals surface area contributed by atoms with Crippen molar-refractivity contribution in [1.82, 2.24) is 0 Å². The summed E-state index contributed by atoms with van der Waals surface area (Å²) in [5.74, 6) is 1.54. The van der Waals surface area contributed by atoms with E-state index in [1.165, 1.54) is 11.1 Å². The van der Waals surface area contributed by atoms with E-state index in [1.54, 1.807) is 0 Å². The molecule has 0 aliphatic heterocycles. The molecule has 0 saturated heterocycles. The lowest BCUT2D eigenvalue weighted by atomic mass is 9.74. The van der Waals surface area contributed by atoms with Crippen molar-refractivity contribution >= 4 is 5.78 Å². The van der Waals surface area contributed by atoms with E-state index < -0.39 is 0 Å². The maximum Gasteiger partial charge on any atom is 0.133 e. The minimum absolute atomic E-state index is 0.426. The molecular weight excluding hydrogens is 234 g/mol. The number of hydrogen-bond acceptors (Lipinski definition) is 2. The van der Waals surface area contributed by atoms with E-state index in [4.69, 9.17) is 5.73 Å². The molecule has 0 radical (unpaired) electrons. The van der Waals surface area contributed by atoms with Gasteiger partial charge in [0.1, 0.15) is 5.78 Å². The monoisotopic (exact) mass is 259 g/mol. The fourth-order valence-electron chi connectivity index (χ4n) is 3.08. The minimum atomic E-state index is 0.426. The van der Waals surface area contributed by atoms with Gasteiger partial charge in [0.2, 0.25) is 0 Å². The lowest BCUT2D eigenvalue weighted by Gasteiger charge is -2.29. The summed E-state index contributed by atoms with van der Waals surface area (Å²) in [5, 5.41) is 0. The van der Waals surface area contributed by atoms with Crippen LogP contribution in [0.3, 0.4) is 0 Å². The Morgan fingerprint density at radius 1 is 1.37 bits per heavy atom. The van der Waals surface area contributed by atoms with Gasteiger partial charge in [0.05, 0.1) is 0 Å². The predicted molar refractivity (Wildman–Crippen MR) is 79.2 cm³/mol. The third-order valence-electron chi connectivity index (χ3n) is 4.42. The molecule has 0 aromatic heterocycles. The number of rotatable bonds is 8. The van der Waals surface area contributed by atoms with Gasteiger partial charge in [-0.05, 0) is 48.8 Å². The number of benzene rings is 1. The summed E-state index contributed by atoms with van der Waals surface area (Å²) in [6, 6.07) is 8.49. The topological polar surface area (TPSA) is 43.1 Å². The maximum absolute atomic E-state index is 12.0. The highest BCUT2D eigenvalue weighted by Gasteiger charge is 2.27. The first-order valence-corrected chi connectivity index (χ1v) is 7.54. The van der Waals surface area contributed by atoms with Crippen molar-refractivity contribution in [3.63, 3.8) is 0 Å². The van der Waals surface area contributed by atoms with Gasteiger partial charge in [0.25, 0.3) is 0 Å². The van der Waals surface area contributed by atoms with Gasteiger partial charge in [-0.1, -0.05) is 37.6 Å². The largest absolute Gasteiger partial charge is 0.330 e. The minimum Gasteiger partial charge on any atom is -0.330 e. The third-order valence-corrected chi connectivity index (χ3v) is 4.42. The summed E-state index contributed by atoms with van der Waals surface area (Å²) in [7, 11) is 0. The highest BCUT2D eigenvalue weighted by Crippen LogP contribution is 2.37. The van der Waals surface area contributed by atoms with Gasteiger partial charge in [-0.15, -0.1) is 0 Å². The van der Waals surface area contributed by atoms with E-state index in [1.807, 2.05) is 0 Å². The van der Waals surface area contributed by atoms with Gasteiger partial charge in [-0.25, -0.2) is 0 Å². The van der Waals surface area contributed by atoms with Crippen molar-refractivity contribution in [3.05, 3.63) is 35.4 Å². The number of carbonyl (C=O) groups excluding carboxylic acids is 1. The molecule has 0 amide bonds. The first-order valence-electron chi connectivity index (χ1n) is 7.54. The first kappa shape index (κ1) is 14.3. The molecule has 2 unspecified atom stereocenters. The smallest absolute Gasteiger partial charge is 0.133 e. The fraction of sp³-hybridized carbons (Fsp3) is 0.588. The zero-order chi connectivity index (χ0) is 13.7. The molecule has 0 spiro atoms. The average Bonchev–Trinajstić information content (AvgIpc) is 2.41. The number of carbonyl (C=O) groups is 1. The Morgan fingerprint density at radius 3 is 2.84 bits per heavy atom. The van der Waals surface area contributed by atoms with Crippen molar-refractivity contribution in [2.24, 2.45) is 11.7 Å². The van der Waals surface area contributed by atoms with Crippen LogP contribution in [0.25, 0.3) is 0 Å². The molecule has 104 valence electrons.